The van der Waals surface area contributed by atoms with Gasteiger partial charge in [0.05, 0.1) is 33.2 Å². The number of aromatic nitrogens is 1. The Morgan fingerprint density at radius 3 is 2.22 bits per heavy atom. The van der Waals surface area contributed by atoms with Crippen LogP contribution >= 0.6 is 0 Å². The first-order valence-corrected chi connectivity index (χ1v) is 16.5. The van der Waals surface area contributed by atoms with Crippen molar-refractivity contribution in [3.8, 4) is 28.5 Å². The van der Waals surface area contributed by atoms with Crippen molar-refractivity contribution >= 4 is 16.0 Å². The average Bonchev–Trinajstić information content (AvgIpc) is 3.53. The summed E-state index contributed by atoms with van der Waals surface area (Å²) in [6, 6.07) is 35.1. The highest BCUT2D eigenvalue weighted by Gasteiger charge is 2.22. The van der Waals surface area contributed by atoms with Gasteiger partial charge in [0.15, 0.2) is 5.76 Å². The molecule has 1 N–H and O–H groups in total. The van der Waals surface area contributed by atoms with E-state index in [1.165, 1.54) is 5.56 Å². The summed E-state index contributed by atoms with van der Waals surface area (Å²) in [7, 11) is -4.41. The Morgan fingerprint density at radius 2 is 1.59 bits per heavy atom. The van der Waals surface area contributed by atoms with E-state index < -0.39 is 21.8 Å². The van der Waals surface area contributed by atoms with Crippen LogP contribution in [0.2, 0.25) is 0 Å². The van der Waals surface area contributed by atoms with Crippen LogP contribution in [-0.2, 0) is 22.0 Å². The summed E-state index contributed by atoms with van der Waals surface area (Å²) in [5.74, 6) is -0.621. The summed E-state index contributed by atoms with van der Waals surface area (Å²) in [5.41, 5.74) is 7.86. The molecule has 0 saturated carbocycles. The molecule has 0 aliphatic rings. The molecular weight excluding hydrogens is 598 g/mol. The molecule has 0 saturated heterocycles. The Balaban J connectivity index is 1.41. The highest BCUT2D eigenvalue weighted by atomic mass is 32.2. The number of hydrogen-bond acceptors (Lipinski definition) is 7. The first-order chi connectivity index (χ1) is 21.9. The third kappa shape index (κ3) is 8.16. The Bertz CT molecular complexity index is 1970. The van der Waals surface area contributed by atoms with E-state index in [1.54, 1.807) is 24.3 Å². The lowest BCUT2D eigenvalue weighted by Gasteiger charge is -2.21. The molecule has 0 bridgehead atoms. The summed E-state index contributed by atoms with van der Waals surface area (Å²) >= 11 is 0. The van der Waals surface area contributed by atoms with Gasteiger partial charge in [0.1, 0.15) is 0 Å². The van der Waals surface area contributed by atoms with Crippen LogP contribution in [-0.4, -0.2) is 36.3 Å². The second-order valence-corrected chi connectivity index (χ2v) is 13.8. The van der Waals surface area contributed by atoms with Crippen molar-refractivity contribution < 1.29 is 22.3 Å². The summed E-state index contributed by atoms with van der Waals surface area (Å²) < 4.78 is 38.4. The summed E-state index contributed by atoms with van der Waals surface area (Å²) in [6.45, 7) is 6.27. The first kappa shape index (κ1) is 32.4. The standard InChI is InChI=1S/C37H35N3O5S/c1-37(2,3)32-17-15-28(16-18-32)33(21-25-7-13-29(14-8-25)36(41)39-19-20-46(42,43)44)34-23-35(45-40-34)31-6-4-5-30(22-31)27-11-9-26(24-38)10-12-27/h4-18,22-23,33H,19-21H2,1-3H3,(H,39,41)(H,42,43,44)/p-1. The number of hydrogen-bond donors (Lipinski definition) is 1. The van der Waals surface area contributed by atoms with Gasteiger partial charge in [-0.1, -0.05) is 92.7 Å². The van der Waals surface area contributed by atoms with Gasteiger partial charge in [-0.25, -0.2) is 8.42 Å². The lowest BCUT2D eigenvalue weighted by Crippen LogP contribution is -2.28. The van der Waals surface area contributed by atoms with Crippen molar-refractivity contribution in [3.05, 3.63) is 137 Å². The second kappa shape index (κ2) is 13.5. The maximum atomic E-state index is 12.5. The molecule has 0 aliphatic heterocycles. The molecule has 9 heteroatoms. The van der Waals surface area contributed by atoms with Gasteiger partial charge < -0.3 is 14.4 Å². The molecule has 5 aromatic rings. The van der Waals surface area contributed by atoms with Crippen LogP contribution in [0.4, 0.5) is 0 Å². The predicted octanol–water partition coefficient (Wildman–Crippen LogP) is 6.83. The lowest BCUT2D eigenvalue weighted by molar-refractivity contribution is 0.0956. The fraction of sp³-hybridized carbons (Fsp3) is 0.216. The zero-order valence-corrected chi connectivity index (χ0v) is 26.7. The van der Waals surface area contributed by atoms with Crippen molar-refractivity contribution in [1.82, 2.24) is 10.5 Å². The minimum atomic E-state index is -4.41. The summed E-state index contributed by atoms with van der Waals surface area (Å²) in [4.78, 5) is 12.5. The molecule has 5 rings (SSSR count). The Labute approximate surface area is 269 Å². The number of benzene rings is 4. The van der Waals surface area contributed by atoms with Crippen LogP contribution in [0.3, 0.4) is 0 Å². The highest BCUT2D eigenvalue weighted by molar-refractivity contribution is 7.85. The molecule has 234 valence electrons. The van der Waals surface area contributed by atoms with E-state index in [-0.39, 0.29) is 17.9 Å². The van der Waals surface area contributed by atoms with Gasteiger partial charge in [0.25, 0.3) is 5.91 Å². The molecule has 4 aromatic carbocycles. The maximum Gasteiger partial charge on any atom is 0.251 e. The molecule has 8 nitrogen and oxygen atoms in total. The molecule has 1 heterocycles. The third-order valence-electron chi connectivity index (χ3n) is 7.85. The molecule has 0 aliphatic carbocycles. The van der Waals surface area contributed by atoms with Gasteiger partial charge in [-0.2, -0.15) is 5.26 Å². The van der Waals surface area contributed by atoms with E-state index in [0.717, 1.165) is 33.5 Å². The molecule has 1 atom stereocenters. The maximum absolute atomic E-state index is 12.5. The van der Waals surface area contributed by atoms with E-state index in [9.17, 15) is 17.8 Å². The van der Waals surface area contributed by atoms with Crippen molar-refractivity contribution in [2.24, 2.45) is 0 Å². The van der Waals surface area contributed by atoms with Gasteiger partial charge in [0.2, 0.25) is 0 Å². The minimum Gasteiger partial charge on any atom is -0.748 e. The smallest absolute Gasteiger partial charge is 0.251 e. The Morgan fingerprint density at radius 1 is 0.913 bits per heavy atom. The topological polar surface area (TPSA) is 136 Å². The number of nitriles is 1. The van der Waals surface area contributed by atoms with Gasteiger partial charge in [-0.3, -0.25) is 4.79 Å². The largest absolute Gasteiger partial charge is 0.748 e. The number of carbonyl (C=O) groups is 1. The minimum absolute atomic E-state index is 0.00328. The molecule has 1 unspecified atom stereocenters. The van der Waals surface area contributed by atoms with E-state index in [1.807, 2.05) is 54.6 Å². The average molecular weight is 633 g/mol. The zero-order valence-electron chi connectivity index (χ0n) is 25.9. The summed E-state index contributed by atoms with van der Waals surface area (Å²) in [6.07, 6.45) is 0.586. The third-order valence-corrected chi connectivity index (χ3v) is 8.56. The van der Waals surface area contributed by atoms with E-state index >= 15 is 0 Å². The fourth-order valence-corrected chi connectivity index (χ4v) is 5.56. The fourth-order valence-electron chi connectivity index (χ4n) is 5.21. The van der Waals surface area contributed by atoms with Gasteiger partial charge in [-0.15, -0.1) is 0 Å². The zero-order chi connectivity index (χ0) is 32.9. The van der Waals surface area contributed by atoms with Gasteiger partial charge >= 0.3 is 0 Å². The number of nitrogens with zero attached hydrogens (tertiary/aromatic N) is 2. The SMILES string of the molecule is CC(C)(C)c1ccc(C(Cc2ccc(C(=O)NCCS(=O)(=O)[O-])cc2)c2cc(-c3cccc(-c4ccc(C#N)cc4)c3)on2)cc1. The quantitative estimate of drug-likeness (QED) is 0.167. The van der Waals surface area contributed by atoms with E-state index in [2.05, 4.69) is 61.6 Å². The van der Waals surface area contributed by atoms with Crippen LogP contribution in [0.25, 0.3) is 22.5 Å². The predicted molar refractivity (Wildman–Crippen MR) is 176 cm³/mol. The molecule has 46 heavy (non-hydrogen) atoms. The van der Waals surface area contributed by atoms with Gasteiger partial charge in [0, 0.05) is 29.7 Å². The first-order valence-electron chi connectivity index (χ1n) is 14.9. The van der Waals surface area contributed by atoms with E-state index in [0.29, 0.717) is 23.3 Å². The number of nitrogens with one attached hydrogen (secondary N) is 1. The monoisotopic (exact) mass is 632 g/mol. The molecule has 0 spiro atoms. The Hall–Kier alpha value is -5.04. The molecule has 0 fully saturated rings. The molecule has 1 amide bonds. The lowest BCUT2D eigenvalue weighted by atomic mass is 9.83. The highest BCUT2D eigenvalue weighted by Crippen LogP contribution is 2.34. The number of amides is 1. The van der Waals surface area contributed by atoms with Crippen molar-refractivity contribution in [2.45, 2.75) is 38.5 Å². The van der Waals surface area contributed by atoms with Crippen molar-refractivity contribution in [1.29, 1.82) is 5.26 Å². The van der Waals surface area contributed by atoms with Crippen LogP contribution in [0.1, 0.15) is 65.0 Å². The molecular formula is C37H34N3O5S-. The van der Waals surface area contributed by atoms with Crippen LogP contribution in [0.15, 0.2) is 108 Å². The normalized spacial score (nSPS) is 12.3. The van der Waals surface area contributed by atoms with Gasteiger partial charge in [-0.05, 0) is 70.0 Å². The van der Waals surface area contributed by atoms with Crippen LogP contribution in [0.5, 0.6) is 0 Å². The molecule has 1 aromatic heterocycles. The van der Waals surface area contributed by atoms with E-state index in [4.69, 9.17) is 9.78 Å². The molecule has 0 radical (unpaired) electrons. The number of rotatable bonds is 10. The Kier molecular flexibility index (Phi) is 9.52. The van der Waals surface area contributed by atoms with Crippen molar-refractivity contribution in [3.63, 3.8) is 0 Å². The second-order valence-electron chi connectivity index (χ2n) is 12.2. The summed E-state index contributed by atoms with van der Waals surface area (Å²) in [5, 5.41) is 16.1. The van der Waals surface area contributed by atoms with Crippen LogP contribution in [0, 0.1) is 11.3 Å². The number of carbonyl (C=O) groups excluding carboxylic acids is 1. The van der Waals surface area contributed by atoms with Crippen LogP contribution < -0.4 is 5.32 Å². The van der Waals surface area contributed by atoms with Crippen molar-refractivity contribution in [2.75, 3.05) is 12.3 Å².